The number of hydrogen-bond donors (Lipinski definition) is 1. The summed E-state index contributed by atoms with van der Waals surface area (Å²) in [5.41, 5.74) is 3.62. The smallest absolute Gasteiger partial charge is 0.266 e. The van der Waals surface area contributed by atoms with Crippen molar-refractivity contribution in [2.45, 2.75) is 40.2 Å². The summed E-state index contributed by atoms with van der Waals surface area (Å²) in [5.74, 6) is -0.0711. The predicted octanol–water partition coefficient (Wildman–Crippen LogP) is 5.33. The number of Topliss-reactive ketones (excluding diaryl/α,β-unsaturated/α-hetero) is 1. The molecule has 0 radical (unpaired) electrons. The zero-order chi connectivity index (χ0) is 23.7. The van der Waals surface area contributed by atoms with Crippen molar-refractivity contribution in [3.8, 4) is 0 Å². The highest BCUT2D eigenvalue weighted by molar-refractivity contribution is 7.20. The average molecular weight is 460 g/mol. The highest BCUT2D eigenvalue weighted by Crippen LogP contribution is 2.28. The van der Waals surface area contributed by atoms with Gasteiger partial charge in [0.05, 0.1) is 23.1 Å². The van der Waals surface area contributed by atoms with E-state index in [-0.39, 0.29) is 23.8 Å². The van der Waals surface area contributed by atoms with Gasteiger partial charge in [0.1, 0.15) is 4.83 Å². The van der Waals surface area contributed by atoms with Crippen molar-refractivity contribution in [2.24, 2.45) is 0 Å². The molecule has 0 aliphatic carbocycles. The normalized spacial score (nSPS) is 11.2. The van der Waals surface area contributed by atoms with Crippen molar-refractivity contribution in [1.82, 2.24) is 9.55 Å². The number of aryl methyl sites for hydroxylation is 2. The van der Waals surface area contributed by atoms with Crippen molar-refractivity contribution in [1.29, 1.82) is 0 Å². The molecule has 2 heterocycles. The SMILES string of the molecule is Cc1ccccc1NC(=O)c1sc2ncn(CC(=O)c3ccc(C(C)C)cc3)c(=O)c2c1C. The van der Waals surface area contributed by atoms with E-state index in [1.807, 2.05) is 43.3 Å². The molecule has 0 fully saturated rings. The third-order valence-corrected chi connectivity index (χ3v) is 6.93. The van der Waals surface area contributed by atoms with E-state index in [1.54, 1.807) is 19.1 Å². The second-order valence-corrected chi connectivity index (χ2v) is 9.38. The largest absolute Gasteiger partial charge is 0.321 e. The van der Waals surface area contributed by atoms with Gasteiger partial charge in [-0.15, -0.1) is 11.3 Å². The molecule has 1 amide bonds. The van der Waals surface area contributed by atoms with Gasteiger partial charge in [0.25, 0.3) is 11.5 Å². The molecule has 0 aliphatic heterocycles. The second-order valence-electron chi connectivity index (χ2n) is 8.38. The Morgan fingerprint density at radius 3 is 2.42 bits per heavy atom. The van der Waals surface area contributed by atoms with E-state index in [0.717, 1.165) is 16.8 Å². The summed E-state index contributed by atoms with van der Waals surface area (Å²) < 4.78 is 1.31. The minimum absolute atomic E-state index is 0.108. The number of carbonyl (C=O) groups excluding carboxylic acids is 2. The lowest BCUT2D eigenvalue weighted by Crippen LogP contribution is -2.24. The third kappa shape index (κ3) is 4.50. The number of anilines is 1. The van der Waals surface area contributed by atoms with Crippen LogP contribution in [0.15, 0.2) is 59.7 Å². The first-order valence-corrected chi connectivity index (χ1v) is 11.6. The summed E-state index contributed by atoms with van der Waals surface area (Å²) in [4.78, 5) is 44.1. The summed E-state index contributed by atoms with van der Waals surface area (Å²) in [5, 5.41) is 3.28. The van der Waals surface area contributed by atoms with Crippen LogP contribution in [0, 0.1) is 13.8 Å². The molecule has 1 N–H and O–H groups in total. The molecule has 0 atom stereocenters. The Labute approximate surface area is 195 Å². The van der Waals surface area contributed by atoms with Crippen LogP contribution < -0.4 is 10.9 Å². The molecule has 0 bridgehead atoms. The first-order valence-electron chi connectivity index (χ1n) is 10.7. The van der Waals surface area contributed by atoms with E-state index in [4.69, 9.17) is 0 Å². The second kappa shape index (κ2) is 9.11. The number of thiophene rings is 1. The lowest BCUT2D eigenvalue weighted by atomic mass is 10.0. The number of nitrogens with one attached hydrogen (secondary N) is 1. The molecule has 0 spiro atoms. The standard InChI is InChI=1S/C26H25N3O3S/c1-15(2)18-9-11-19(12-10-18)21(30)13-29-14-27-25-22(26(29)32)17(4)23(33-25)24(31)28-20-8-6-5-7-16(20)3/h5-12,14-15H,13H2,1-4H3,(H,28,31). The summed E-state index contributed by atoms with van der Waals surface area (Å²) >= 11 is 1.18. The first kappa shape index (κ1) is 22.6. The van der Waals surface area contributed by atoms with Crippen molar-refractivity contribution >= 4 is 38.9 Å². The van der Waals surface area contributed by atoms with Gasteiger partial charge >= 0.3 is 0 Å². The molecule has 4 aromatic rings. The number of ketones is 1. The van der Waals surface area contributed by atoms with Gasteiger partial charge in [0, 0.05) is 11.3 Å². The van der Waals surface area contributed by atoms with Crippen LogP contribution in [0.1, 0.15) is 56.5 Å². The lowest BCUT2D eigenvalue weighted by molar-refractivity contribution is 0.0969. The average Bonchev–Trinajstić information content (AvgIpc) is 3.14. The highest BCUT2D eigenvalue weighted by atomic mass is 32.1. The Balaban J connectivity index is 1.62. The summed E-state index contributed by atoms with van der Waals surface area (Å²) in [6.45, 7) is 7.74. The van der Waals surface area contributed by atoms with Crippen LogP contribution in [-0.4, -0.2) is 21.2 Å². The maximum absolute atomic E-state index is 13.2. The Bertz CT molecular complexity index is 1420. The van der Waals surface area contributed by atoms with Gasteiger partial charge in [0.15, 0.2) is 5.78 Å². The number of fused-ring (bicyclic) bond motifs is 1. The summed E-state index contributed by atoms with van der Waals surface area (Å²) in [7, 11) is 0. The van der Waals surface area contributed by atoms with E-state index in [1.165, 1.54) is 22.2 Å². The maximum atomic E-state index is 13.2. The summed E-state index contributed by atoms with van der Waals surface area (Å²) in [6, 6.07) is 15.0. The van der Waals surface area contributed by atoms with Gasteiger partial charge < -0.3 is 5.32 Å². The fourth-order valence-electron chi connectivity index (χ4n) is 3.68. The van der Waals surface area contributed by atoms with Crippen LogP contribution in [0.2, 0.25) is 0 Å². The van der Waals surface area contributed by atoms with E-state index < -0.39 is 0 Å². The Morgan fingerprint density at radius 2 is 1.76 bits per heavy atom. The van der Waals surface area contributed by atoms with Gasteiger partial charge in [-0.1, -0.05) is 56.3 Å². The van der Waals surface area contributed by atoms with Crippen molar-refractivity contribution < 1.29 is 9.59 Å². The Hall–Kier alpha value is -3.58. The fourth-order valence-corrected chi connectivity index (χ4v) is 4.72. The maximum Gasteiger partial charge on any atom is 0.266 e. The topological polar surface area (TPSA) is 81.1 Å². The number of benzene rings is 2. The Morgan fingerprint density at radius 1 is 1.06 bits per heavy atom. The van der Waals surface area contributed by atoms with E-state index >= 15 is 0 Å². The lowest BCUT2D eigenvalue weighted by Gasteiger charge is -2.08. The molecule has 0 aliphatic rings. The van der Waals surface area contributed by atoms with E-state index in [9.17, 15) is 14.4 Å². The summed E-state index contributed by atoms with van der Waals surface area (Å²) in [6.07, 6.45) is 1.38. The molecule has 33 heavy (non-hydrogen) atoms. The molecule has 7 heteroatoms. The first-order chi connectivity index (χ1) is 15.8. The number of hydrogen-bond acceptors (Lipinski definition) is 5. The molecule has 0 saturated carbocycles. The van der Waals surface area contributed by atoms with Crippen LogP contribution >= 0.6 is 11.3 Å². The molecule has 2 aromatic heterocycles. The van der Waals surface area contributed by atoms with Gasteiger partial charge in [-0.25, -0.2) is 4.98 Å². The molecule has 4 rings (SSSR count). The molecule has 0 saturated heterocycles. The molecule has 6 nitrogen and oxygen atoms in total. The highest BCUT2D eigenvalue weighted by Gasteiger charge is 2.21. The molecule has 168 valence electrons. The van der Waals surface area contributed by atoms with E-state index in [0.29, 0.717) is 32.1 Å². The van der Waals surface area contributed by atoms with Gasteiger partial charge in [-0.2, -0.15) is 0 Å². The number of rotatable bonds is 6. The monoisotopic (exact) mass is 459 g/mol. The van der Waals surface area contributed by atoms with Gasteiger partial charge in [0.2, 0.25) is 0 Å². The zero-order valence-corrected chi connectivity index (χ0v) is 19.8. The number of nitrogens with zero attached hydrogens (tertiary/aromatic N) is 2. The number of amides is 1. The minimum atomic E-state index is -0.323. The quantitative estimate of drug-likeness (QED) is 0.395. The van der Waals surface area contributed by atoms with Crippen LogP contribution in [0.3, 0.4) is 0 Å². The predicted molar refractivity (Wildman–Crippen MR) is 133 cm³/mol. The zero-order valence-electron chi connectivity index (χ0n) is 19.0. The van der Waals surface area contributed by atoms with Gasteiger partial charge in [-0.05, 0) is 42.5 Å². The number of carbonyl (C=O) groups is 2. The minimum Gasteiger partial charge on any atom is -0.321 e. The number of para-hydroxylation sites is 1. The van der Waals surface area contributed by atoms with E-state index in [2.05, 4.69) is 24.1 Å². The van der Waals surface area contributed by atoms with Crippen molar-refractivity contribution in [3.05, 3.63) is 92.3 Å². The van der Waals surface area contributed by atoms with Gasteiger partial charge in [-0.3, -0.25) is 19.0 Å². The molecule has 0 unspecified atom stereocenters. The van der Waals surface area contributed by atoms with Crippen molar-refractivity contribution in [2.75, 3.05) is 5.32 Å². The molecular formula is C26H25N3O3S. The van der Waals surface area contributed by atoms with Crippen LogP contribution in [0.5, 0.6) is 0 Å². The third-order valence-electron chi connectivity index (χ3n) is 5.73. The van der Waals surface area contributed by atoms with Crippen LogP contribution in [0.25, 0.3) is 10.2 Å². The van der Waals surface area contributed by atoms with Crippen LogP contribution in [0.4, 0.5) is 5.69 Å². The molecular weight excluding hydrogens is 434 g/mol. The molecule has 2 aromatic carbocycles. The fraction of sp³-hybridized carbons (Fsp3) is 0.231. The number of aromatic nitrogens is 2. The van der Waals surface area contributed by atoms with Crippen LogP contribution in [-0.2, 0) is 6.54 Å². The Kier molecular flexibility index (Phi) is 6.24. The van der Waals surface area contributed by atoms with Crippen molar-refractivity contribution in [3.63, 3.8) is 0 Å².